The molecule has 0 saturated heterocycles. The molecule has 18 heavy (non-hydrogen) atoms. The third kappa shape index (κ3) is 3.01. The lowest BCUT2D eigenvalue weighted by atomic mass is 10.2. The number of hydrogen-bond donors (Lipinski definition) is 1. The summed E-state index contributed by atoms with van der Waals surface area (Å²) < 4.78 is 25.6. The standard InChI is InChI=1S/C12H20N2O3S/c1-10-5-6-11(9-12(10)13(2)3)18(16,17)14(4)7-8-15/h5-6,9,15H,7-8H2,1-4H3. The fraction of sp³-hybridized carbons (Fsp3) is 0.500. The molecule has 6 heteroatoms. The minimum atomic E-state index is -3.53. The highest BCUT2D eigenvalue weighted by Crippen LogP contribution is 2.23. The molecule has 1 N–H and O–H groups in total. The largest absolute Gasteiger partial charge is 0.395 e. The molecule has 0 bridgehead atoms. The number of benzene rings is 1. The average Bonchev–Trinajstić information content (AvgIpc) is 2.29. The fourth-order valence-electron chi connectivity index (χ4n) is 1.67. The van der Waals surface area contributed by atoms with Gasteiger partial charge in [-0.15, -0.1) is 0 Å². The van der Waals surface area contributed by atoms with Crippen LogP contribution in [-0.4, -0.2) is 52.1 Å². The van der Waals surface area contributed by atoms with Crippen LogP contribution in [-0.2, 0) is 10.0 Å². The van der Waals surface area contributed by atoms with Crippen LogP contribution in [0.25, 0.3) is 0 Å². The van der Waals surface area contributed by atoms with E-state index < -0.39 is 10.0 Å². The van der Waals surface area contributed by atoms with E-state index in [9.17, 15) is 8.42 Å². The van der Waals surface area contributed by atoms with Crippen LogP contribution in [0.2, 0.25) is 0 Å². The summed E-state index contributed by atoms with van der Waals surface area (Å²) >= 11 is 0. The first-order valence-corrected chi connectivity index (χ1v) is 7.10. The first kappa shape index (κ1) is 14.9. The predicted octanol–water partition coefficient (Wildman–Crippen LogP) is 0.674. The lowest BCUT2D eigenvalue weighted by molar-refractivity contribution is 0.266. The maximum atomic E-state index is 12.2. The number of aliphatic hydroxyl groups excluding tert-OH is 1. The molecule has 1 aromatic rings. The van der Waals surface area contributed by atoms with Gasteiger partial charge in [0.2, 0.25) is 10.0 Å². The molecule has 0 heterocycles. The van der Waals surface area contributed by atoms with Crippen LogP contribution in [0.3, 0.4) is 0 Å². The molecule has 0 aliphatic carbocycles. The van der Waals surface area contributed by atoms with Crippen LogP contribution in [0.15, 0.2) is 23.1 Å². The Bertz CT molecular complexity index is 512. The zero-order chi connectivity index (χ0) is 13.9. The molecule has 0 aliphatic rings. The second-order valence-electron chi connectivity index (χ2n) is 4.39. The second kappa shape index (κ2) is 5.69. The van der Waals surface area contributed by atoms with Gasteiger partial charge in [0.1, 0.15) is 0 Å². The highest BCUT2D eigenvalue weighted by atomic mass is 32.2. The Hall–Kier alpha value is -1.11. The number of nitrogens with zero attached hydrogens (tertiary/aromatic N) is 2. The molecular weight excluding hydrogens is 252 g/mol. The van der Waals surface area contributed by atoms with E-state index in [2.05, 4.69) is 0 Å². The topological polar surface area (TPSA) is 60.9 Å². The Morgan fingerprint density at radius 1 is 1.22 bits per heavy atom. The summed E-state index contributed by atoms with van der Waals surface area (Å²) in [6.45, 7) is 1.83. The van der Waals surface area contributed by atoms with Gasteiger partial charge in [-0.25, -0.2) is 8.42 Å². The van der Waals surface area contributed by atoms with E-state index in [-0.39, 0.29) is 18.0 Å². The number of hydrogen-bond acceptors (Lipinski definition) is 4. The van der Waals surface area contributed by atoms with Crippen LogP contribution in [0.5, 0.6) is 0 Å². The van der Waals surface area contributed by atoms with Crippen LogP contribution >= 0.6 is 0 Å². The summed E-state index contributed by atoms with van der Waals surface area (Å²) in [5, 5.41) is 8.82. The first-order valence-electron chi connectivity index (χ1n) is 5.66. The molecule has 0 amide bonds. The van der Waals surface area contributed by atoms with Gasteiger partial charge in [0, 0.05) is 33.4 Å². The molecule has 1 aromatic carbocycles. The highest BCUT2D eigenvalue weighted by Gasteiger charge is 2.21. The maximum absolute atomic E-state index is 12.2. The van der Waals surface area contributed by atoms with E-state index in [4.69, 9.17) is 5.11 Å². The Morgan fingerprint density at radius 3 is 2.33 bits per heavy atom. The van der Waals surface area contributed by atoms with Crippen LogP contribution in [0.4, 0.5) is 5.69 Å². The van der Waals surface area contributed by atoms with Crippen molar-refractivity contribution in [3.63, 3.8) is 0 Å². The Balaban J connectivity index is 3.22. The maximum Gasteiger partial charge on any atom is 0.242 e. The summed E-state index contributed by atoms with van der Waals surface area (Å²) in [6.07, 6.45) is 0. The summed E-state index contributed by atoms with van der Waals surface area (Å²) in [7, 11) is 1.67. The van der Waals surface area contributed by atoms with Crippen molar-refractivity contribution in [2.75, 3.05) is 39.2 Å². The van der Waals surface area contributed by atoms with Crippen molar-refractivity contribution in [3.05, 3.63) is 23.8 Å². The molecule has 0 atom stereocenters. The number of rotatable bonds is 5. The molecule has 1 rings (SSSR count). The van der Waals surface area contributed by atoms with E-state index in [0.29, 0.717) is 0 Å². The van der Waals surface area contributed by atoms with Gasteiger partial charge >= 0.3 is 0 Å². The molecule has 5 nitrogen and oxygen atoms in total. The first-order chi connectivity index (χ1) is 8.30. The van der Waals surface area contributed by atoms with Gasteiger partial charge < -0.3 is 10.0 Å². The molecule has 0 saturated carbocycles. The van der Waals surface area contributed by atoms with Gasteiger partial charge in [-0.2, -0.15) is 4.31 Å². The van der Waals surface area contributed by atoms with Crippen molar-refractivity contribution in [1.29, 1.82) is 0 Å². The quantitative estimate of drug-likeness (QED) is 0.856. The van der Waals surface area contributed by atoms with Crippen molar-refractivity contribution in [2.45, 2.75) is 11.8 Å². The third-order valence-corrected chi connectivity index (χ3v) is 4.64. The van der Waals surface area contributed by atoms with Crippen molar-refractivity contribution < 1.29 is 13.5 Å². The molecule has 102 valence electrons. The van der Waals surface area contributed by atoms with Crippen molar-refractivity contribution in [3.8, 4) is 0 Å². The van der Waals surface area contributed by atoms with Crippen molar-refractivity contribution in [1.82, 2.24) is 4.31 Å². The average molecular weight is 272 g/mol. The van der Waals surface area contributed by atoms with Crippen molar-refractivity contribution >= 4 is 15.7 Å². The lowest BCUT2D eigenvalue weighted by Gasteiger charge is -2.20. The summed E-state index contributed by atoms with van der Waals surface area (Å²) in [6, 6.07) is 5.03. The smallest absolute Gasteiger partial charge is 0.242 e. The summed E-state index contributed by atoms with van der Waals surface area (Å²) in [5.74, 6) is 0. The summed E-state index contributed by atoms with van der Waals surface area (Å²) in [5.41, 5.74) is 1.89. The molecular formula is C12H20N2O3S. The molecule has 0 aliphatic heterocycles. The van der Waals surface area contributed by atoms with Gasteiger partial charge in [0.05, 0.1) is 11.5 Å². The minimum Gasteiger partial charge on any atom is -0.395 e. The zero-order valence-electron chi connectivity index (χ0n) is 11.2. The predicted molar refractivity (Wildman–Crippen MR) is 72.4 cm³/mol. The molecule has 0 fully saturated rings. The molecule has 0 spiro atoms. The summed E-state index contributed by atoms with van der Waals surface area (Å²) in [4.78, 5) is 2.12. The number of aryl methyl sites for hydroxylation is 1. The van der Waals surface area contributed by atoms with Crippen LogP contribution in [0, 0.1) is 6.92 Å². The monoisotopic (exact) mass is 272 g/mol. The van der Waals surface area contributed by atoms with E-state index >= 15 is 0 Å². The SMILES string of the molecule is Cc1ccc(S(=O)(=O)N(C)CCO)cc1N(C)C. The zero-order valence-corrected chi connectivity index (χ0v) is 12.0. The number of likely N-dealkylation sites (N-methyl/N-ethyl adjacent to an activating group) is 1. The normalized spacial score (nSPS) is 11.9. The Labute approximate surface area is 109 Å². The molecule has 0 unspecified atom stereocenters. The highest BCUT2D eigenvalue weighted by molar-refractivity contribution is 7.89. The van der Waals surface area contributed by atoms with Crippen molar-refractivity contribution in [2.24, 2.45) is 0 Å². The number of sulfonamides is 1. The van der Waals surface area contributed by atoms with Gasteiger partial charge in [0.25, 0.3) is 0 Å². The fourth-order valence-corrected chi connectivity index (χ4v) is 2.85. The van der Waals surface area contributed by atoms with Gasteiger partial charge in [-0.1, -0.05) is 6.07 Å². The Kier molecular flexibility index (Phi) is 4.72. The van der Waals surface area contributed by atoms with Crippen LogP contribution in [0.1, 0.15) is 5.56 Å². The van der Waals surface area contributed by atoms with Gasteiger partial charge in [0.15, 0.2) is 0 Å². The minimum absolute atomic E-state index is 0.0908. The van der Waals surface area contributed by atoms with E-state index in [0.717, 1.165) is 15.6 Å². The second-order valence-corrected chi connectivity index (χ2v) is 6.44. The number of anilines is 1. The van der Waals surface area contributed by atoms with E-state index in [1.807, 2.05) is 25.9 Å². The Morgan fingerprint density at radius 2 is 1.83 bits per heavy atom. The van der Waals surface area contributed by atoms with Gasteiger partial charge in [-0.05, 0) is 24.6 Å². The lowest BCUT2D eigenvalue weighted by Crippen LogP contribution is -2.29. The van der Waals surface area contributed by atoms with Crippen LogP contribution < -0.4 is 4.90 Å². The molecule has 0 aromatic heterocycles. The molecule has 0 radical (unpaired) electrons. The van der Waals surface area contributed by atoms with Gasteiger partial charge in [-0.3, -0.25) is 0 Å². The number of aliphatic hydroxyl groups is 1. The third-order valence-electron chi connectivity index (χ3n) is 2.79. The van der Waals surface area contributed by atoms with E-state index in [1.165, 1.54) is 7.05 Å². The van der Waals surface area contributed by atoms with E-state index in [1.54, 1.807) is 18.2 Å².